The van der Waals surface area contributed by atoms with E-state index in [0.717, 1.165) is 0 Å². The van der Waals surface area contributed by atoms with Crippen LogP contribution in [0.15, 0.2) is 30.3 Å². The first-order valence-corrected chi connectivity index (χ1v) is 13.4. The average Bonchev–Trinajstić information content (AvgIpc) is 3.63. The molecule has 0 radical (unpaired) electrons. The number of phenols is 1. The summed E-state index contributed by atoms with van der Waals surface area (Å²) in [7, 11) is 0. The average molecular weight is 576 g/mol. The lowest BCUT2D eigenvalue weighted by Gasteiger charge is -2.41. The Morgan fingerprint density at radius 1 is 0.905 bits per heavy atom. The molecule has 0 saturated carbocycles. The molecule has 2 aromatic heterocycles. The van der Waals surface area contributed by atoms with Gasteiger partial charge in [0.1, 0.15) is 30.2 Å². The summed E-state index contributed by atoms with van der Waals surface area (Å²) < 4.78 is 19.4. The van der Waals surface area contributed by atoms with Crippen molar-refractivity contribution in [2.45, 2.75) is 50.3 Å². The van der Waals surface area contributed by atoms with Crippen molar-refractivity contribution in [3.05, 3.63) is 41.5 Å². The summed E-state index contributed by atoms with van der Waals surface area (Å²) in [5.41, 5.74) is 1.89. The van der Waals surface area contributed by atoms with Gasteiger partial charge in [-0.05, 0) is 24.3 Å². The van der Waals surface area contributed by atoms with E-state index in [1.807, 2.05) is 0 Å². The molecule has 5 aromatic rings. The summed E-state index contributed by atoms with van der Waals surface area (Å²) in [4.78, 5) is 30.1. The highest BCUT2D eigenvalue weighted by molar-refractivity contribution is 6.39. The Morgan fingerprint density at radius 3 is 2.31 bits per heavy atom. The molecule has 1 unspecified atom stereocenters. The van der Waals surface area contributed by atoms with E-state index in [9.17, 15) is 35.1 Å². The number of rotatable bonds is 2. The molecule has 13 heteroatoms. The molecular formula is C29H25N3O10. The number of nitrogens with zero attached hydrogens (tertiary/aromatic N) is 1. The third-order valence-electron chi connectivity index (χ3n) is 8.35. The van der Waals surface area contributed by atoms with Crippen LogP contribution < -0.4 is 14.8 Å². The highest BCUT2D eigenvalue weighted by Crippen LogP contribution is 2.49. The maximum Gasteiger partial charge on any atom is 0.259 e. The normalized spacial score (nSPS) is 26.6. The first-order valence-electron chi connectivity index (χ1n) is 13.4. The number of phenolic OH excluding ortho intramolecular Hbond substituents is 1. The second-order valence-electron chi connectivity index (χ2n) is 11.4. The lowest BCUT2D eigenvalue weighted by molar-refractivity contribution is -0.249. The SMILES string of the molecule is CC1(C)Oc2cc3[nH]c4c(c5c(c6c7cc(O)ccc7n(C7O[C@H](CO)[C@H](O)[C@@H](O)[C@H]7O)c46)C(=O)NC5=O)c3cc2O1. The van der Waals surface area contributed by atoms with Gasteiger partial charge in [-0.2, -0.15) is 0 Å². The number of aromatic hydroxyl groups is 1. The van der Waals surface area contributed by atoms with Gasteiger partial charge in [0, 0.05) is 41.5 Å². The van der Waals surface area contributed by atoms with E-state index in [0.29, 0.717) is 55.1 Å². The number of aliphatic hydroxyl groups excluding tert-OH is 4. The van der Waals surface area contributed by atoms with Gasteiger partial charge >= 0.3 is 0 Å². The van der Waals surface area contributed by atoms with Crippen molar-refractivity contribution < 1.29 is 49.3 Å². The fourth-order valence-corrected chi connectivity index (χ4v) is 6.64. The predicted octanol–water partition coefficient (Wildman–Crippen LogP) is 1.50. The maximum atomic E-state index is 13.4. The topological polar surface area (TPSA) is 196 Å². The van der Waals surface area contributed by atoms with Crippen LogP contribution in [-0.2, 0) is 4.74 Å². The van der Waals surface area contributed by atoms with Crippen LogP contribution >= 0.6 is 0 Å². The van der Waals surface area contributed by atoms with Crippen molar-refractivity contribution in [2.75, 3.05) is 6.61 Å². The Balaban J connectivity index is 1.56. The van der Waals surface area contributed by atoms with Crippen LogP contribution in [0.1, 0.15) is 40.8 Å². The molecule has 13 nitrogen and oxygen atoms in total. The van der Waals surface area contributed by atoms with Gasteiger partial charge in [0.05, 0.1) is 39.8 Å². The molecule has 5 heterocycles. The van der Waals surface area contributed by atoms with Crippen LogP contribution in [0.25, 0.3) is 43.6 Å². The summed E-state index contributed by atoms with van der Waals surface area (Å²) in [6, 6.07) is 7.87. The lowest BCUT2D eigenvalue weighted by Crippen LogP contribution is -2.56. The molecule has 8 rings (SSSR count). The molecule has 0 aliphatic carbocycles. The fourth-order valence-electron chi connectivity index (χ4n) is 6.64. The Kier molecular flexibility index (Phi) is 4.89. The van der Waals surface area contributed by atoms with Gasteiger partial charge in [0.15, 0.2) is 17.7 Å². The molecule has 3 aromatic carbocycles. The molecular weight excluding hydrogens is 550 g/mol. The quantitative estimate of drug-likeness (QED) is 0.152. The number of imide groups is 1. The van der Waals surface area contributed by atoms with E-state index in [-0.39, 0.29) is 16.9 Å². The van der Waals surface area contributed by atoms with E-state index in [4.69, 9.17) is 14.2 Å². The van der Waals surface area contributed by atoms with Crippen LogP contribution in [0, 0.1) is 0 Å². The number of benzene rings is 3. The molecule has 216 valence electrons. The number of aromatic amines is 1. The number of aliphatic hydroxyl groups is 4. The Labute approximate surface area is 235 Å². The summed E-state index contributed by atoms with van der Waals surface area (Å²) >= 11 is 0. The molecule has 3 aliphatic heterocycles. The predicted molar refractivity (Wildman–Crippen MR) is 147 cm³/mol. The van der Waals surface area contributed by atoms with E-state index >= 15 is 0 Å². The maximum absolute atomic E-state index is 13.4. The fraction of sp³-hybridized carbons (Fsp3) is 0.310. The van der Waals surface area contributed by atoms with Crippen molar-refractivity contribution in [3.63, 3.8) is 0 Å². The number of carbonyl (C=O) groups excluding carboxylic acids is 2. The molecule has 0 spiro atoms. The number of H-pyrrole nitrogens is 1. The third kappa shape index (κ3) is 3.13. The van der Waals surface area contributed by atoms with Gasteiger partial charge < -0.3 is 49.3 Å². The van der Waals surface area contributed by atoms with Crippen molar-refractivity contribution in [3.8, 4) is 17.2 Å². The van der Waals surface area contributed by atoms with Crippen LogP contribution in [-0.4, -0.2) is 83.7 Å². The summed E-state index contributed by atoms with van der Waals surface area (Å²) in [5, 5.41) is 56.7. The smallest absolute Gasteiger partial charge is 0.259 e. The summed E-state index contributed by atoms with van der Waals surface area (Å²) in [6.45, 7) is 2.89. The molecule has 42 heavy (non-hydrogen) atoms. The number of amides is 2. The first kappa shape index (κ1) is 25.3. The van der Waals surface area contributed by atoms with Crippen molar-refractivity contribution >= 4 is 55.4 Å². The summed E-state index contributed by atoms with van der Waals surface area (Å²) in [5.74, 6) is -1.34. The number of ether oxygens (including phenoxy) is 3. The molecule has 0 bridgehead atoms. The van der Waals surface area contributed by atoms with E-state index in [1.54, 1.807) is 36.6 Å². The third-order valence-corrected chi connectivity index (χ3v) is 8.35. The van der Waals surface area contributed by atoms with Crippen molar-refractivity contribution in [1.82, 2.24) is 14.9 Å². The van der Waals surface area contributed by atoms with Gasteiger partial charge in [0.2, 0.25) is 5.79 Å². The second-order valence-corrected chi connectivity index (χ2v) is 11.4. The van der Waals surface area contributed by atoms with Gasteiger partial charge in [-0.25, -0.2) is 0 Å². The number of hydrogen-bond donors (Lipinski definition) is 7. The van der Waals surface area contributed by atoms with Gasteiger partial charge in [-0.3, -0.25) is 14.9 Å². The number of nitrogens with one attached hydrogen (secondary N) is 2. The monoisotopic (exact) mass is 575 g/mol. The largest absolute Gasteiger partial charge is 0.508 e. The zero-order valence-electron chi connectivity index (χ0n) is 22.2. The number of hydrogen-bond acceptors (Lipinski definition) is 10. The van der Waals surface area contributed by atoms with Crippen LogP contribution in [0.5, 0.6) is 17.2 Å². The van der Waals surface area contributed by atoms with Crippen LogP contribution in [0.4, 0.5) is 0 Å². The molecule has 1 fully saturated rings. The zero-order chi connectivity index (χ0) is 29.4. The minimum absolute atomic E-state index is 0.0698. The second kappa shape index (κ2) is 8.12. The van der Waals surface area contributed by atoms with Crippen LogP contribution in [0.3, 0.4) is 0 Å². The highest BCUT2D eigenvalue weighted by atomic mass is 16.7. The van der Waals surface area contributed by atoms with E-state index in [2.05, 4.69) is 10.3 Å². The minimum atomic E-state index is -1.68. The van der Waals surface area contributed by atoms with Crippen molar-refractivity contribution in [2.24, 2.45) is 0 Å². The number of fused-ring (bicyclic) bond motifs is 11. The number of carbonyl (C=O) groups is 2. The standard InChI is InChI=1S/C29H25N3O10/c1-29(2)41-14-6-10-12(7-15(14)42-29)30-21-17(10)19-20(27(39)31-26(19)38)18-11-5-9(34)3-4-13(11)32(22(18)21)28-25(37)24(36)23(35)16(8-33)40-28/h3-7,16,23-25,28,30,33-37H,8H2,1-2H3,(H,31,38,39)/t16-,23+,24-,25-,28?/m1/s1. The first-order chi connectivity index (χ1) is 20.0. The van der Waals surface area contributed by atoms with E-state index < -0.39 is 54.9 Å². The van der Waals surface area contributed by atoms with Gasteiger partial charge in [-0.1, -0.05) is 0 Å². The van der Waals surface area contributed by atoms with Crippen molar-refractivity contribution in [1.29, 1.82) is 0 Å². The molecule has 5 atom stereocenters. The van der Waals surface area contributed by atoms with Gasteiger partial charge in [0.25, 0.3) is 11.8 Å². The Bertz CT molecular complexity index is 2040. The molecule has 2 amide bonds. The lowest BCUT2D eigenvalue weighted by atomic mass is 9.96. The molecule has 7 N–H and O–H groups in total. The Morgan fingerprint density at radius 2 is 1.60 bits per heavy atom. The summed E-state index contributed by atoms with van der Waals surface area (Å²) in [6.07, 6.45) is -7.49. The van der Waals surface area contributed by atoms with Gasteiger partial charge in [-0.15, -0.1) is 0 Å². The Hall–Kier alpha value is -4.40. The molecule has 3 aliphatic rings. The zero-order valence-corrected chi connectivity index (χ0v) is 22.2. The van der Waals surface area contributed by atoms with Crippen LogP contribution in [0.2, 0.25) is 0 Å². The minimum Gasteiger partial charge on any atom is -0.508 e. The molecule has 1 saturated heterocycles. The number of aromatic nitrogens is 2. The van der Waals surface area contributed by atoms with E-state index in [1.165, 1.54) is 12.1 Å². The highest BCUT2D eigenvalue weighted by Gasteiger charge is 2.46.